The summed E-state index contributed by atoms with van der Waals surface area (Å²) in [5.74, 6) is 0.271. The van der Waals surface area contributed by atoms with Gasteiger partial charge in [-0.05, 0) is 37.0 Å². The molecular weight excluding hydrogens is 231 g/mol. The van der Waals surface area contributed by atoms with Gasteiger partial charge in [0.25, 0.3) is 0 Å². The molecule has 17 heavy (non-hydrogen) atoms. The van der Waals surface area contributed by atoms with Crippen LogP contribution in [0, 0.1) is 5.92 Å². The van der Waals surface area contributed by atoms with Crippen LogP contribution in [0.2, 0.25) is 0 Å². The highest BCUT2D eigenvalue weighted by Crippen LogP contribution is 2.38. The van der Waals surface area contributed by atoms with Crippen LogP contribution in [-0.2, 0) is 6.18 Å². The van der Waals surface area contributed by atoms with E-state index in [4.69, 9.17) is 10.5 Å². The zero-order valence-corrected chi connectivity index (χ0v) is 9.26. The molecule has 94 valence electrons. The molecule has 0 radical (unpaired) electrons. The van der Waals surface area contributed by atoms with Crippen LogP contribution in [-0.4, -0.2) is 6.61 Å². The molecule has 1 aliphatic carbocycles. The van der Waals surface area contributed by atoms with Crippen LogP contribution < -0.4 is 10.5 Å². The molecule has 2 rings (SSSR count). The molecular formula is C12H14F3NO. The van der Waals surface area contributed by atoms with E-state index in [1.54, 1.807) is 0 Å². The number of nitrogen functional groups attached to an aromatic ring is 1. The van der Waals surface area contributed by atoms with Crippen LogP contribution in [0.3, 0.4) is 0 Å². The zero-order chi connectivity index (χ0) is 12.5. The topological polar surface area (TPSA) is 35.2 Å². The number of anilines is 1. The molecule has 0 heterocycles. The summed E-state index contributed by atoms with van der Waals surface area (Å²) in [6, 6.07) is 3.62. The minimum atomic E-state index is -4.43. The van der Waals surface area contributed by atoms with Crippen LogP contribution in [0.5, 0.6) is 5.75 Å². The fourth-order valence-corrected chi connectivity index (χ4v) is 1.76. The van der Waals surface area contributed by atoms with Crippen molar-refractivity contribution in [1.29, 1.82) is 0 Å². The third-order valence-corrected chi connectivity index (χ3v) is 3.01. The second kappa shape index (κ2) is 4.47. The Morgan fingerprint density at radius 3 is 2.53 bits per heavy atom. The van der Waals surface area contributed by atoms with Gasteiger partial charge in [0.05, 0.1) is 12.2 Å². The normalized spacial score (nSPS) is 16.6. The first kappa shape index (κ1) is 12.1. The summed E-state index contributed by atoms with van der Waals surface area (Å²) < 4.78 is 43.4. The Labute approximate surface area is 97.6 Å². The predicted octanol–water partition coefficient (Wildman–Crippen LogP) is 3.47. The lowest BCUT2D eigenvalue weighted by molar-refractivity contribution is -0.139. The summed E-state index contributed by atoms with van der Waals surface area (Å²) in [6.45, 7) is 0.354. The molecule has 0 aliphatic heterocycles. The lowest BCUT2D eigenvalue weighted by Gasteiger charge is -2.26. The van der Waals surface area contributed by atoms with Crippen LogP contribution in [0.25, 0.3) is 0 Å². The number of halogens is 3. The molecule has 5 heteroatoms. The Morgan fingerprint density at radius 1 is 1.29 bits per heavy atom. The third kappa shape index (κ3) is 2.84. The summed E-state index contributed by atoms with van der Waals surface area (Å²) in [7, 11) is 0. The predicted molar refractivity (Wildman–Crippen MR) is 58.7 cm³/mol. The maximum Gasteiger partial charge on any atom is 0.420 e. The number of ether oxygens (including phenoxy) is 1. The molecule has 1 saturated carbocycles. The number of hydrogen-bond acceptors (Lipinski definition) is 2. The standard InChI is InChI=1S/C12H14F3NO/c13-12(14,15)10-6-9(16)4-5-11(10)17-7-8-2-1-3-8/h4-6,8H,1-3,7,16H2. The minimum absolute atomic E-state index is 0.0910. The molecule has 0 aromatic heterocycles. The monoisotopic (exact) mass is 245 g/mol. The van der Waals surface area contributed by atoms with E-state index in [9.17, 15) is 13.2 Å². The first-order valence-electron chi connectivity index (χ1n) is 5.56. The van der Waals surface area contributed by atoms with Crippen LogP contribution in [0.1, 0.15) is 24.8 Å². The fraction of sp³-hybridized carbons (Fsp3) is 0.500. The van der Waals surface area contributed by atoms with Gasteiger partial charge in [-0.3, -0.25) is 0 Å². The van der Waals surface area contributed by atoms with Gasteiger partial charge in [-0.25, -0.2) is 0 Å². The number of nitrogens with two attached hydrogens (primary N) is 1. The quantitative estimate of drug-likeness (QED) is 0.827. The second-order valence-corrected chi connectivity index (χ2v) is 4.36. The Bertz CT molecular complexity index is 399. The van der Waals surface area contributed by atoms with Crippen molar-refractivity contribution in [2.45, 2.75) is 25.4 Å². The molecule has 1 aliphatic rings. The Hall–Kier alpha value is -1.39. The average Bonchev–Trinajstić information content (AvgIpc) is 2.16. The van der Waals surface area contributed by atoms with Crippen molar-refractivity contribution in [3.05, 3.63) is 23.8 Å². The first-order chi connectivity index (χ1) is 7.97. The average molecular weight is 245 g/mol. The molecule has 1 aromatic carbocycles. The Kier molecular flexibility index (Phi) is 3.17. The Balaban J connectivity index is 2.13. The number of hydrogen-bond donors (Lipinski definition) is 1. The highest BCUT2D eigenvalue weighted by molar-refractivity contribution is 5.49. The van der Waals surface area contributed by atoms with E-state index in [0.29, 0.717) is 12.5 Å². The van der Waals surface area contributed by atoms with Gasteiger partial charge in [-0.2, -0.15) is 13.2 Å². The molecule has 2 nitrogen and oxygen atoms in total. The molecule has 0 amide bonds. The van der Waals surface area contributed by atoms with E-state index in [-0.39, 0.29) is 11.4 Å². The fourth-order valence-electron chi connectivity index (χ4n) is 1.76. The van der Waals surface area contributed by atoms with Crippen molar-refractivity contribution < 1.29 is 17.9 Å². The van der Waals surface area contributed by atoms with Crippen LogP contribution in [0.15, 0.2) is 18.2 Å². The molecule has 2 N–H and O–H groups in total. The largest absolute Gasteiger partial charge is 0.493 e. The van der Waals surface area contributed by atoms with Gasteiger partial charge in [-0.1, -0.05) is 6.42 Å². The maximum absolute atomic E-state index is 12.7. The lowest BCUT2D eigenvalue weighted by Crippen LogP contribution is -2.20. The molecule has 0 atom stereocenters. The summed E-state index contributed by atoms with van der Waals surface area (Å²) in [5.41, 5.74) is 4.66. The van der Waals surface area contributed by atoms with Gasteiger partial charge in [0.2, 0.25) is 0 Å². The first-order valence-corrected chi connectivity index (χ1v) is 5.56. The van der Waals surface area contributed by atoms with E-state index in [1.165, 1.54) is 12.1 Å². The van der Waals surface area contributed by atoms with Crippen LogP contribution >= 0.6 is 0 Å². The second-order valence-electron chi connectivity index (χ2n) is 4.36. The summed E-state index contributed by atoms with van der Waals surface area (Å²) >= 11 is 0. The van der Waals surface area contributed by atoms with Crippen molar-refractivity contribution >= 4 is 5.69 Å². The van der Waals surface area contributed by atoms with Gasteiger partial charge in [-0.15, -0.1) is 0 Å². The van der Waals surface area contributed by atoms with Gasteiger partial charge in [0.15, 0.2) is 0 Å². The minimum Gasteiger partial charge on any atom is -0.493 e. The third-order valence-electron chi connectivity index (χ3n) is 3.01. The molecule has 0 saturated heterocycles. The van der Waals surface area contributed by atoms with E-state index in [2.05, 4.69) is 0 Å². The van der Waals surface area contributed by atoms with Crippen molar-refractivity contribution in [2.75, 3.05) is 12.3 Å². The summed E-state index contributed by atoms with van der Waals surface area (Å²) in [4.78, 5) is 0. The highest BCUT2D eigenvalue weighted by atomic mass is 19.4. The van der Waals surface area contributed by atoms with E-state index in [0.717, 1.165) is 25.3 Å². The van der Waals surface area contributed by atoms with Crippen molar-refractivity contribution in [2.24, 2.45) is 5.92 Å². The van der Waals surface area contributed by atoms with Gasteiger partial charge in [0, 0.05) is 5.69 Å². The molecule has 0 spiro atoms. The molecule has 1 fully saturated rings. The molecule has 1 aromatic rings. The number of benzene rings is 1. The summed E-state index contributed by atoms with van der Waals surface area (Å²) in [5, 5.41) is 0. The number of alkyl halides is 3. The van der Waals surface area contributed by atoms with E-state index in [1.807, 2.05) is 0 Å². The van der Waals surface area contributed by atoms with Crippen molar-refractivity contribution in [3.8, 4) is 5.75 Å². The van der Waals surface area contributed by atoms with Crippen molar-refractivity contribution in [3.63, 3.8) is 0 Å². The Morgan fingerprint density at radius 2 is 2.00 bits per heavy atom. The van der Waals surface area contributed by atoms with E-state index >= 15 is 0 Å². The number of rotatable bonds is 3. The SMILES string of the molecule is Nc1ccc(OCC2CCC2)c(C(F)(F)F)c1. The highest BCUT2D eigenvalue weighted by Gasteiger charge is 2.34. The van der Waals surface area contributed by atoms with Crippen LogP contribution in [0.4, 0.5) is 18.9 Å². The van der Waals surface area contributed by atoms with Crippen molar-refractivity contribution in [1.82, 2.24) is 0 Å². The van der Waals surface area contributed by atoms with Gasteiger partial charge >= 0.3 is 6.18 Å². The maximum atomic E-state index is 12.7. The van der Waals surface area contributed by atoms with Gasteiger partial charge < -0.3 is 10.5 Å². The van der Waals surface area contributed by atoms with Gasteiger partial charge in [0.1, 0.15) is 5.75 Å². The van der Waals surface area contributed by atoms with E-state index < -0.39 is 11.7 Å². The molecule has 0 bridgehead atoms. The zero-order valence-electron chi connectivity index (χ0n) is 9.26. The lowest BCUT2D eigenvalue weighted by atomic mass is 9.86. The molecule has 0 unspecified atom stereocenters. The summed E-state index contributed by atoms with van der Waals surface area (Å²) in [6.07, 6.45) is -1.21. The smallest absolute Gasteiger partial charge is 0.420 e.